The van der Waals surface area contributed by atoms with Gasteiger partial charge in [0.1, 0.15) is 0 Å². The van der Waals surface area contributed by atoms with Gasteiger partial charge in [0.2, 0.25) is 0 Å². The number of nitrogens with two attached hydrogens (primary N) is 1. The molecule has 106 valence electrons. The van der Waals surface area contributed by atoms with Crippen LogP contribution in [0.4, 0.5) is 0 Å². The summed E-state index contributed by atoms with van der Waals surface area (Å²) in [5.74, 6) is 0. The van der Waals surface area contributed by atoms with Crippen LogP contribution in [0.25, 0.3) is 0 Å². The van der Waals surface area contributed by atoms with E-state index in [0.29, 0.717) is 4.90 Å². The van der Waals surface area contributed by atoms with E-state index in [4.69, 9.17) is 5.73 Å². The van der Waals surface area contributed by atoms with Gasteiger partial charge in [0.25, 0.3) is 0 Å². The molecule has 0 heterocycles. The third-order valence-corrected chi connectivity index (χ3v) is 5.73. The van der Waals surface area contributed by atoms with Gasteiger partial charge >= 0.3 is 0 Å². The number of hydrogen-bond acceptors (Lipinski definition) is 3. The molecule has 2 aromatic rings. The molecule has 2 rings (SSSR count). The van der Waals surface area contributed by atoms with Gasteiger partial charge in [0.15, 0.2) is 9.84 Å². The minimum atomic E-state index is -3.42. The summed E-state index contributed by atoms with van der Waals surface area (Å²) in [6.45, 7) is 3.65. The molecule has 2 aromatic carbocycles. The number of sulfone groups is 1. The normalized spacial score (nSPS) is 14.8. The fourth-order valence-electron chi connectivity index (χ4n) is 2.08. The maximum Gasteiger partial charge on any atom is 0.182 e. The quantitative estimate of drug-likeness (QED) is 0.941. The van der Waals surface area contributed by atoms with Gasteiger partial charge in [-0.2, -0.15) is 0 Å². The van der Waals surface area contributed by atoms with E-state index in [1.165, 1.54) is 0 Å². The van der Waals surface area contributed by atoms with Gasteiger partial charge in [0.05, 0.1) is 10.1 Å². The van der Waals surface area contributed by atoms with Crippen molar-refractivity contribution in [2.75, 3.05) is 0 Å². The smallest absolute Gasteiger partial charge is 0.182 e. The van der Waals surface area contributed by atoms with Crippen molar-refractivity contribution in [1.82, 2.24) is 0 Å². The van der Waals surface area contributed by atoms with E-state index in [0.717, 1.165) is 11.1 Å². The lowest BCUT2D eigenvalue weighted by molar-refractivity contribution is 0.565. The topological polar surface area (TPSA) is 60.2 Å². The predicted molar refractivity (Wildman–Crippen MR) is 81.2 cm³/mol. The summed E-state index contributed by atoms with van der Waals surface area (Å²) in [5, 5.41) is -0.674. The SMILES string of the molecule is Cc1ccc(C(N)C(C)S(=O)(=O)c2ccccc2)cc1. The number of benzene rings is 2. The summed E-state index contributed by atoms with van der Waals surface area (Å²) in [5.41, 5.74) is 8.09. The van der Waals surface area contributed by atoms with E-state index >= 15 is 0 Å². The lowest BCUT2D eigenvalue weighted by Gasteiger charge is -2.21. The lowest BCUT2D eigenvalue weighted by Crippen LogP contribution is -2.31. The Labute approximate surface area is 120 Å². The van der Waals surface area contributed by atoms with Gasteiger partial charge in [-0.15, -0.1) is 0 Å². The molecule has 0 aliphatic heterocycles. The number of rotatable bonds is 4. The van der Waals surface area contributed by atoms with Crippen LogP contribution >= 0.6 is 0 Å². The highest BCUT2D eigenvalue weighted by Gasteiger charge is 2.29. The summed E-state index contributed by atoms with van der Waals surface area (Å²) < 4.78 is 25.1. The second-order valence-electron chi connectivity index (χ2n) is 5.00. The molecule has 3 nitrogen and oxygen atoms in total. The highest BCUT2D eigenvalue weighted by Crippen LogP contribution is 2.25. The standard InChI is InChI=1S/C16H19NO2S/c1-12-8-10-14(11-9-12)16(17)13(2)20(18,19)15-6-4-3-5-7-15/h3-11,13,16H,17H2,1-2H3. The molecule has 0 amide bonds. The van der Waals surface area contributed by atoms with Crippen molar-refractivity contribution in [3.05, 3.63) is 65.7 Å². The van der Waals surface area contributed by atoms with Crippen LogP contribution in [0.2, 0.25) is 0 Å². The molecule has 4 heteroatoms. The van der Waals surface area contributed by atoms with Crippen molar-refractivity contribution >= 4 is 9.84 Å². The molecular formula is C16H19NO2S. The van der Waals surface area contributed by atoms with E-state index < -0.39 is 21.1 Å². The summed E-state index contributed by atoms with van der Waals surface area (Å²) in [7, 11) is -3.42. The summed E-state index contributed by atoms with van der Waals surface area (Å²) in [6, 6.07) is 15.6. The molecule has 20 heavy (non-hydrogen) atoms. The van der Waals surface area contributed by atoms with Crippen LogP contribution in [-0.4, -0.2) is 13.7 Å². The fraction of sp³-hybridized carbons (Fsp3) is 0.250. The van der Waals surface area contributed by atoms with Crippen LogP contribution in [0.3, 0.4) is 0 Å². The largest absolute Gasteiger partial charge is 0.323 e. The van der Waals surface area contributed by atoms with Crippen LogP contribution in [0, 0.1) is 6.92 Å². The Morgan fingerprint density at radius 2 is 1.50 bits per heavy atom. The molecule has 2 unspecified atom stereocenters. The zero-order chi connectivity index (χ0) is 14.8. The van der Waals surface area contributed by atoms with Crippen LogP contribution in [0.1, 0.15) is 24.1 Å². The zero-order valence-electron chi connectivity index (χ0n) is 11.7. The molecule has 0 saturated carbocycles. The van der Waals surface area contributed by atoms with Gasteiger partial charge in [-0.1, -0.05) is 48.0 Å². The average molecular weight is 289 g/mol. The number of aryl methyl sites for hydroxylation is 1. The first kappa shape index (κ1) is 14.8. The number of hydrogen-bond donors (Lipinski definition) is 1. The molecule has 0 aliphatic rings. The van der Waals surface area contributed by atoms with Gasteiger partial charge in [-0.3, -0.25) is 0 Å². The highest BCUT2D eigenvalue weighted by molar-refractivity contribution is 7.92. The zero-order valence-corrected chi connectivity index (χ0v) is 12.5. The van der Waals surface area contributed by atoms with Crippen LogP contribution in [-0.2, 0) is 9.84 Å². The molecular weight excluding hydrogens is 270 g/mol. The highest BCUT2D eigenvalue weighted by atomic mass is 32.2. The summed E-state index contributed by atoms with van der Waals surface area (Å²) in [4.78, 5) is 0.315. The van der Waals surface area contributed by atoms with Gasteiger partial charge in [0, 0.05) is 6.04 Å². The average Bonchev–Trinajstić information content (AvgIpc) is 2.47. The van der Waals surface area contributed by atoms with E-state index in [9.17, 15) is 8.42 Å². The minimum absolute atomic E-state index is 0.315. The molecule has 0 bridgehead atoms. The Balaban J connectivity index is 2.31. The third-order valence-electron chi connectivity index (χ3n) is 3.53. The second-order valence-corrected chi connectivity index (χ2v) is 7.30. The van der Waals surface area contributed by atoms with Crippen LogP contribution < -0.4 is 5.73 Å². The first-order valence-electron chi connectivity index (χ1n) is 6.54. The summed E-state index contributed by atoms with van der Waals surface area (Å²) in [6.07, 6.45) is 0. The van der Waals surface area contributed by atoms with Crippen molar-refractivity contribution in [2.24, 2.45) is 5.73 Å². The van der Waals surface area contributed by atoms with E-state index in [1.54, 1.807) is 37.3 Å². The molecule has 2 atom stereocenters. The summed E-state index contributed by atoms with van der Waals surface area (Å²) >= 11 is 0. The third kappa shape index (κ3) is 2.92. The molecule has 0 spiro atoms. The Hall–Kier alpha value is -1.65. The van der Waals surface area contributed by atoms with E-state index in [1.807, 2.05) is 31.2 Å². The molecule has 0 fully saturated rings. The minimum Gasteiger partial charge on any atom is -0.323 e. The predicted octanol–water partition coefficient (Wildman–Crippen LogP) is 2.86. The van der Waals surface area contributed by atoms with Crippen molar-refractivity contribution in [1.29, 1.82) is 0 Å². The monoisotopic (exact) mass is 289 g/mol. The van der Waals surface area contributed by atoms with Crippen LogP contribution in [0.5, 0.6) is 0 Å². The molecule has 0 saturated heterocycles. The van der Waals surface area contributed by atoms with Crippen LogP contribution in [0.15, 0.2) is 59.5 Å². The van der Waals surface area contributed by atoms with Crippen molar-refractivity contribution in [3.63, 3.8) is 0 Å². The molecule has 0 radical (unpaired) electrons. The Bertz CT molecular complexity index is 663. The van der Waals surface area contributed by atoms with Gasteiger partial charge < -0.3 is 5.73 Å². The Morgan fingerprint density at radius 1 is 0.950 bits per heavy atom. The van der Waals surface area contributed by atoms with E-state index in [2.05, 4.69) is 0 Å². The Kier molecular flexibility index (Phi) is 4.26. The molecule has 0 aliphatic carbocycles. The van der Waals surface area contributed by atoms with Crippen molar-refractivity contribution in [3.8, 4) is 0 Å². The van der Waals surface area contributed by atoms with E-state index in [-0.39, 0.29) is 0 Å². The fourth-order valence-corrected chi connectivity index (χ4v) is 3.59. The maximum atomic E-state index is 12.5. The Morgan fingerprint density at radius 3 is 2.05 bits per heavy atom. The first-order valence-corrected chi connectivity index (χ1v) is 8.08. The van der Waals surface area contributed by atoms with Crippen molar-refractivity contribution in [2.45, 2.75) is 30.0 Å². The van der Waals surface area contributed by atoms with Gasteiger partial charge in [-0.05, 0) is 31.5 Å². The second kappa shape index (κ2) is 5.77. The van der Waals surface area contributed by atoms with Crippen molar-refractivity contribution < 1.29 is 8.42 Å². The van der Waals surface area contributed by atoms with Gasteiger partial charge in [-0.25, -0.2) is 8.42 Å². The maximum absolute atomic E-state index is 12.5. The molecule has 2 N–H and O–H groups in total. The first-order chi connectivity index (χ1) is 9.43. The lowest BCUT2D eigenvalue weighted by atomic mass is 10.0. The molecule has 0 aromatic heterocycles.